The average Bonchev–Trinajstić information content (AvgIpc) is 3.43. The van der Waals surface area contributed by atoms with Crippen LogP contribution in [-0.4, -0.2) is 52.1 Å². The average molecular weight is 420 g/mol. The molecule has 2 aliphatic rings. The van der Waals surface area contributed by atoms with Gasteiger partial charge in [-0.05, 0) is 62.1 Å². The molecule has 1 amide bonds. The minimum Gasteiger partial charge on any atom is -0.490 e. The van der Waals surface area contributed by atoms with Crippen LogP contribution in [0.15, 0.2) is 42.6 Å². The molecule has 2 aromatic heterocycles. The maximum absolute atomic E-state index is 12.5. The summed E-state index contributed by atoms with van der Waals surface area (Å²) in [6.45, 7) is 6.32. The van der Waals surface area contributed by atoms with Crippen LogP contribution in [0.25, 0.3) is 16.8 Å². The van der Waals surface area contributed by atoms with E-state index in [0.29, 0.717) is 6.61 Å². The van der Waals surface area contributed by atoms with E-state index in [4.69, 9.17) is 9.47 Å². The number of carbonyl (C=O) groups excluding carboxylic acids is 1. The third-order valence-electron chi connectivity index (χ3n) is 6.54. The molecule has 0 N–H and O–H groups in total. The summed E-state index contributed by atoms with van der Waals surface area (Å²) in [5.74, 6) is 1.03. The largest absolute Gasteiger partial charge is 0.490 e. The number of amides is 1. The first-order valence-corrected chi connectivity index (χ1v) is 11.2. The number of piperidine rings is 1. The minimum atomic E-state index is -0.223. The third kappa shape index (κ3) is 4.04. The van der Waals surface area contributed by atoms with Gasteiger partial charge in [-0.15, -0.1) is 0 Å². The molecular formula is C25H29N3O3. The lowest BCUT2D eigenvalue weighted by Crippen LogP contribution is -2.45. The van der Waals surface area contributed by atoms with Gasteiger partial charge in [0.2, 0.25) is 0 Å². The summed E-state index contributed by atoms with van der Waals surface area (Å²) in [5, 5.41) is 0. The van der Waals surface area contributed by atoms with E-state index >= 15 is 0 Å². The zero-order chi connectivity index (χ0) is 21.4. The van der Waals surface area contributed by atoms with Crippen molar-refractivity contribution in [1.82, 2.24) is 14.3 Å². The number of hydrogen-bond acceptors (Lipinski definition) is 4. The molecule has 0 bridgehead atoms. The van der Waals surface area contributed by atoms with Crippen molar-refractivity contribution in [3.05, 3.63) is 54.0 Å². The fourth-order valence-corrected chi connectivity index (χ4v) is 4.54. The van der Waals surface area contributed by atoms with Crippen molar-refractivity contribution in [2.45, 2.75) is 51.7 Å². The van der Waals surface area contributed by atoms with Gasteiger partial charge in [-0.25, -0.2) is 4.98 Å². The maximum atomic E-state index is 12.5. The standard InChI is InChI=1S/C25H29N3O3/c1-17-18(2)28-16-20(7-10-24(28)26-17)19-5-8-21(9-6-19)31-22-11-13-27(14-12-22)25(29)23-4-3-15-30-23/h5-10,16,22-23H,3-4,11-15H2,1-2H3/t23-/m1/s1. The summed E-state index contributed by atoms with van der Waals surface area (Å²) in [7, 11) is 0. The maximum Gasteiger partial charge on any atom is 0.251 e. The van der Waals surface area contributed by atoms with E-state index in [9.17, 15) is 4.79 Å². The predicted octanol–water partition coefficient (Wildman–Crippen LogP) is 4.17. The van der Waals surface area contributed by atoms with Crippen molar-refractivity contribution < 1.29 is 14.3 Å². The van der Waals surface area contributed by atoms with Crippen molar-refractivity contribution in [1.29, 1.82) is 0 Å². The Balaban J connectivity index is 1.20. The van der Waals surface area contributed by atoms with Crippen LogP contribution in [0.4, 0.5) is 0 Å². The van der Waals surface area contributed by atoms with Crippen molar-refractivity contribution >= 4 is 11.6 Å². The molecule has 1 atom stereocenters. The topological polar surface area (TPSA) is 56.1 Å². The summed E-state index contributed by atoms with van der Waals surface area (Å²) < 4.78 is 13.9. The molecule has 162 valence electrons. The number of aryl methyl sites for hydroxylation is 2. The third-order valence-corrected chi connectivity index (χ3v) is 6.54. The van der Waals surface area contributed by atoms with Gasteiger partial charge in [-0.1, -0.05) is 12.1 Å². The molecule has 1 aromatic carbocycles. The van der Waals surface area contributed by atoms with Crippen LogP contribution in [0.5, 0.6) is 5.75 Å². The van der Waals surface area contributed by atoms with Crippen molar-refractivity contribution in [3.63, 3.8) is 0 Å². The summed E-state index contributed by atoms with van der Waals surface area (Å²) in [5.41, 5.74) is 5.51. The highest BCUT2D eigenvalue weighted by atomic mass is 16.5. The molecule has 2 aliphatic heterocycles. The van der Waals surface area contributed by atoms with Crippen LogP contribution in [0, 0.1) is 13.8 Å². The zero-order valence-corrected chi connectivity index (χ0v) is 18.2. The molecule has 0 saturated carbocycles. The molecule has 2 saturated heterocycles. The first-order valence-electron chi connectivity index (χ1n) is 11.2. The Labute approximate surface area is 182 Å². The molecular weight excluding hydrogens is 390 g/mol. The van der Waals surface area contributed by atoms with E-state index in [1.54, 1.807) is 0 Å². The number of fused-ring (bicyclic) bond motifs is 1. The zero-order valence-electron chi connectivity index (χ0n) is 18.2. The number of imidazole rings is 1. The summed E-state index contributed by atoms with van der Waals surface area (Å²) in [6.07, 6.45) is 5.62. The first-order chi connectivity index (χ1) is 15.1. The predicted molar refractivity (Wildman–Crippen MR) is 119 cm³/mol. The van der Waals surface area contributed by atoms with Gasteiger partial charge in [-0.2, -0.15) is 0 Å². The molecule has 0 unspecified atom stereocenters. The van der Waals surface area contributed by atoms with E-state index in [1.165, 1.54) is 5.69 Å². The fraction of sp³-hybridized carbons (Fsp3) is 0.440. The monoisotopic (exact) mass is 419 g/mol. The lowest BCUT2D eigenvalue weighted by molar-refractivity contribution is -0.142. The van der Waals surface area contributed by atoms with E-state index in [-0.39, 0.29) is 18.1 Å². The van der Waals surface area contributed by atoms with Crippen molar-refractivity contribution in [3.8, 4) is 16.9 Å². The van der Waals surface area contributed by atoms with Crippen LogP contribution >= 0.6 is 0 Å². The smallest absolute Gasteiger partial charge is 0.251 e. The van der Waals surface area contributed by atoms with Gasteiger partial charge >= 0.3 is 0 Å². The highest BCUT2D eigenvalue weighted by molar-refractivity contribution is 5.81. The lowest BCUT2D eigenvalue weighted by Gasteiger charge is -2.33. The van der Waals surface area contributed by atoms with E-state index in [0.717, 1.165) is 67.0 Å². The molecule has 31 heavy (non-hydrogen) atoms. The number of likely N-dealkylation sites (tertiary alicyclic amines) is 1. The Bertz CT molecular complexity index is 1080. The van der Waals surface area contributed by atoms with Gasteiger partial charge < -0.3 is 18.8 Å². The van der Waals surface area contributed by atoms with Gasteiger partial charge in [0.15, 0.2) is 0 Å². The number of benzene rings is 1. The van der Waals surface area contributed by atoms with Gasteiger partial charge in [-0.3, -0.25) is 4.79 Å². The second-order valence-electron chi connectivity index (χ2n) is 8.60. The number of ether oxygens (including phenoxy) is 2. The molecule has 5 rings (SSSR count). The summed E-state index contributed by atoms with van der Waals surface area (Å²) in [6, 6.07) is 12.5. The van der Waals surface area contributed by atoms with Gasteiger partial charge in [0.25, 0.3) is 5.91 Å². The second-order valence-corrected chi connectivity index (χ2v) is 8.60. The second kappa shape index (κ2) is 8.35. The number of pyridine rings is 1. The summed E-state index contributed by atoms with van der Waals surface area (Å²) in [4.78, 5) is 19.0. The Morgan fingerprint density at radius 2 is 1.77 bits per heavy atom. The molecule has 6 nitrogen and oxygen atoms in total. The van der Waals surface area contributed by atoms with Gasteiger partial charge in [0.1, 0.15) is 23.6 Å². The van der Waals surface area contributed by atoms with Crippen LogP contribution in [0.3, 0.4) is 0 Å². The number of hydrogen-bond donors (Lipinski definition) is 0. The Morgan fingerprint density at radius 3 is 2.48 bits per heavy atom. The molecule has 0 spiro atoms. The van der Waals surface area contributed by atoms with E-state index < -0.39 is 0 Å². The Morgan fingerprint density at radius 1 is 1.03 bits per heavy atom. The number of nitrogens with zero attached hydrogens (tertiary/aromatic N) is 3. The molecule has 0 aliphatic carbocycles. The van der Waals surface area contributed by atoms with Gasteiger partial charge in [0, 0.05) is 44.4 Å². The molecule has 3 aromatic rings. The van der Waals surface area contributed by atoms with Crippen LogP contribution in [-0.2, 0) is 9.53 Å². The Kier molecular flexibility index (Phi) is 5.40. The fourth-order valence-electron chi connectivity index (χ4n) is 4.54. The van der Waals surface area contributed by atoms with Crippen molar-refractivity contribution in [2.75, 3.05) is 19.7 Å². The van der Waals surface area contributed by atoms with Crippen molar-refractivity contribution in [2.24, 2.45) is 0 Å². The van der Waals surface area contributed by atoms with Crippen LogP contribution in [0.1, 0.15) is 37.1 Å². The van der Waals surface area contributed by atoms with E-state index in [1.807, 2.05) is 24.0 Å². The number of aromatic nitrogens is 2. The number of rotatable bonds is 4. The van der Waals surface area contributed by atoms with Crippen LogP contribution < -0.4 is 4.74 Å². The molecule has 2 fully saturated rings. The molecule has 4 heterocycles. The SMILES string of the molecule is Cc1nc2ccc(-c3ccc(OC4CCN(C(=O)[C@H]5CCCO5)CC4)cc3)cn2c1C. The molecule has 0 radical (unpaired) electrons. The quantitative estimate of drug-likeness (QED) is 0.637. The van der Waals surface area contributed by atoms with Gasteiger partial charge in [0.05, 0.1) is 5.69 Å². The van der Waals surface area contributed by atoms with E-state index in [2.05, 4.69) is 46.8 Å². The highest BCUT2D eigenvalue weighted by Gasteiger charge is 2.31. The normalized spacial score (nSPS) is 19.8. The Hall–Kier alpha value is -2.86. The minimum absolute atomic E-state index is 0.146. The number of carbonyl (C=O) groups is 1. The summed E-state index contributed by atoms with van der Waals surface area (Å²) >= 11 is 0. The first kappa shape index (κ1) is 20.1. The lowest BCUT2D eigenvalue weighted by atomic mass is 10.1. The highest BCUT2D eigenvalue weighted by Crippen LogP contribution is 2.26. The molecule has 6 heteroatoms. The van der Waals surface area contributed by atoms with Crippen LogP contribution in [0.2, 0.25) is 0 Å².